The van der Waals surface area contributed by atoms with Crippen molar-refractivity contribution in [2.45, 2.75) is 123 Å². The Morgan fingerprint density at radius 3 is 1.62 bits per heavy atom. The van der Waals surface area contributed by atoms with Crippen molar-refractivity contribution >= 4 is 56.3 Å². The first-order valence-corrected chi connectivity index (χ1v) is 25.7. The summed E-state index contributed by atoms with van der Waals surface area (Å²) in [7, 11) is 0. The molecule has 14 rings (SSSR count). The molecule has 3 nitrogen and oxygen atoms in total. The van der Waals surface area contributed by atoms with Crippen molar-refractivity contribution < 1.29 is 4.74 Å². The first-order chi connectivity index (χ1) is 32.5. The smallest absolute Gasteiger partial charge is 0.256 e. The van der Waals surface area contributed by atoms with E-state index >= 15 is 0 Å². The van der Waals surface area contributed by atoms with Gasteiger partial charge in [0.15, 0.2) is 0 Å². The van der Waals surface area contributed by atoms with Crippen molar-refractivity contribution in [1.82, 2.24) is 4.57 Å². The normalized spacial score (nSPS) is 21.5. The van der Waals surface area contributed by atoms with Crippen LogP contribution in [0.15, 0.2) is 140 Å². The molecule has 4 saturated carbocycles. The van der Waals surface area contributed by atoms with Crippen LogP contribution in [0.2, 0.25) is 0 Å². The zero-order valence-electron chi connectivity index (χ0n) is 41.6. The third-order valence-electron chi connectivity index (χ3n) is 17.2. The minimum absolute atomic E-state index is 0.0158. The fraction of sp³-hybridized carbons (Fsp3) is 0.344. The van der Waals surface area contributed by atoms with Gasteiger partial charge in [0.05, 0.1) is 11.0 Å². The molecule has 0 amide bonds. The van der Waals surface area contributed by atoms with E-state index in [4.69, 9.17) is 4.74 Å². The molecule has 0 saturated heterocycles. The largest absolute Gasteiger partial charge is 0.458 e. The Kier molecular flexibility index (Phi) is 9.00. The Labute approximate surface area is 404 Å². The van der Waals surface area contributed by atoms with Crippen molar-refractivity contribution in [3.63, 3.8) is 0 Å². The molecule has 4 aliphatic carbocycles. The second-order valence-corrected chi connectivity index (χ2v) is 24.9. The zero-order valence-corrected chi connectivity index (χ0v) is 41.6. The standard InChI is InChI=1S/C64H65BN2O/c1-61(2,3)46-18-15-43(16-19-46)45-31-57-60-59(32-45)68-58-26-22-49(66-54-24-20-47(62(4,5)6)33-50(54)51-34-48(63(7,8)9)21-25-55(51)66)35-53(58)65(60)52-30-44(42-13-11-10-12-14-42)17-23-56(52)67(57)64-36-39-27-40(37-64)29-41(28-39)38-64/h10-26,30-35,39-41H,27-29,36-38H2,1-9H3. The Hall–Kier alpha value is -6.00. The van der Waals surface area contributed by atoms with E-state index in [0.29, 0.717) is 0 Å². The highest BCUT2D eigenvalue weighted by Crippen LogP contribution is 2.60. The Morgan fingerprint density at radius 2 is 1.03 bits per heavy atom. The summed E-state index contributed by atoms with van der Waals surface area (Å²) in [6.45, 7) is 20.8. The molecule has 6 aliphatic rings. The monoisotopic (exact) mass is 889 g/mol. The quantitative estimate of drug-likeness (QED) is 0.164. The zero-order chi connectivity index (χ0) is 46.6. The molecule has 8 aromatic rings. The van der Waals surface area contributed by atoms with Gasteiger partial charge in [-0.15, -0.1) is 0 Å². The maximum atomic E-state index is 7.38. The molecule has 0 unspecified atom stereocenters. The lowest BCUT2D eigenvalue weighted by Gasteiger charge is -2.62. The minimum atomic E-state index is -0.0158. The highest BCUT2D eigenvalue weighted by molar-refractivity contribution is 6.99. The molecule has 3 heterocycles. The number of aromatic nitrogens is 1. The van der Waals surface area contributed by atoms with Gasteiger partial charge < -0.3 is 14.2 Å². The van der Waals surface area contributed by atoms with E-state index in [1.165, 1.54) is 133 Å². The van der Waals surface area contributed by atoms with Gasteiger partial charge >= 0.3 is 0 Å². The first kappa shape index (κ1) is 42.1. The summed E-state index contributed by atoms with van der Waals surface area (Å²) in [5, 5.41) is 2.62. The summed E-state index contributed by atoms with van der Waals surface area (Å²) in [6.07, 6.45) is 8.03. The number of rotatable bonds is 4. The number of hydrogen-bond donors (Lipinski definition) is 0. The topological polar surface area (TPSA) is 17.4 Å². The average molecular weight is 889 g/mol. The van der Waals surface area contributed by atoms with E-state index in [9.17, 15) is 0 Å². The maximum Gasteiger partial charge on any atom is 0.256 e. The molecule has 4 fully saturated rings. The summed E-state index contributed by atoms with van der Waals surface area (Å²) >= 11 is 0. The van der Waals surface area contributed by atoms with Gasteiger partial charge in [0, 0.05) is 33.4 Å². The van der Waals surface area contributed by atoms with Crippen molar-refractivity contribution in [2.75, 3.05) is 4.90 Å². The second kappa shape index (κ2) is 14.5. The molecule has 4 bridgehead atoms. The van der Waals surface area contributed by atoms with Gasteiger partial charge in [-0.3, -0.25) is 0 Å². The van der Waals surface area contributed by atoms with Crippen LogP contribution in [0.3, 0.4) is 0 Å². The van der Waals surface area contributed by atoms with Gasteiger partial charge in [-0.25, -0.2) is 0 Å². The summed E-state index contributed by atoms with van der Waals surface area (Å²) in [4.78, 5) is 2.91. The highest BCUT2D eigenvalue weighted by Gasteiger charge is 2.56. The number of fused-ring (bicyclic) bond motifs is 7. The molecule has 0 spiro atoms. The van der Waals surface area contributed by atoms with E-state index in [0.717, 1.165) is 29.3 Å². The van der Waals surface area contributed by atoms with Crippen LogP contribution < -0.4 is 26.0 Å². The van der Waals surface area contributed by atoms with Gasteiger partial charge in [-0.05, 0) is 189 Å². The maximum absolute atomic E-state index is 7.38. The predicted octanol–water partition coefficient (Wildman–Crippen LogP) is 15.1. The van der Waals surface area contributed by atoms with Gasteiger partial charge in [-0.2, -0.15) is 0 Å². The number of ether oxygens (including phenoxy) is 1. The van der Waals surface area contributed by atoms with Gasteiger partial charge in [0.25, 0.3) is 6.71 Å². The fourth-order valence-corrected chi connectivity index (χ4v) is 14.1. The number of nitrogens with zero attached hydrogens (tertiary/aromatic N) is 2. The highest BCUT2D eigenvalue weighted by atomic mass is 16.5. The van der Waals surface area contributed by atoms with Crippen LogP contribution in [0.4, 0.5) is 11.4 Å². The number of anilines is 2. The van der Waals surface area contributed by atoms with Gasteiger partial charge in [0.1, 0.15) is 11.5 Å². The van der Waals surface area contributed by atoms with Crippen molar-refractivity contribution in [3.8, 4) is 39.4 Å². The van der Waals surface area contributed by atoms with Crippen LogP contribution in [0.1, 0.15) is 118 Å². The van der Waals surface area contributed by atoms with Gasteiger partial charge in [0.2, 0.25) is 0 Å². The van der Waals surface area contributed by atoms with Crippen LogP contribution in [0.25, 0.3) is 49.7 Å². The Balaban J connectivity index is 1.06. The van der Waals surface area contributed by atoms with Crippen LogP contribution >= 0.6 is 0 Å². The van der Waals surface area contributed by atoms with Crippen LogP contribution in [-0.2, 0) is 16.2 Å². The molecule has 68 heavy (non-hydrogen) atoms. The lowest BCUT2D eigenvalue weighted by Crippen LogP contribution is -2.66. The predicted molar refractivity (Wildman–Crippen MR) is 288 cm³/mol. The minimum Gasteiger partial charge on any atom is -0.458 e. The summed E-state index contributed by atoms with van der Waals surface area (Å²) in [6, 6.07) is 54.2. The Bertz CT molecular complexity index is 3250. The number of hydrogen-bond acceptors (Lipinski definition) is 2. The lowest BCUT2D eigenvalue weighted by molar-refractivity contribution is 0.000632. The van der Waals surface area contributed by atoms with Crippen LogP contribution in [0.5, 0.6) is 11.5 Å². The van der Waals surface area contributed by atoms with E-state index in [2.05, 4.69) is 211 Å². The fourth-order valence-electron chi connectivity index (χ4n) is 14.1. The third-order valence-corrected chi connectivity index (χ3v) is 17.2. The van der Waals surface area contributed by atoms with E-state index in [-0.39, 0.29) is 28.5 Å². The molecule has 0 N–H and O–H groups in total. The van der Waals surface area contributed by atoms with Crippen molar-refractivity contribution in [1.29, 1.82) is 0 Å². The molecular formula is C64H65BN2O. The summed E-state index contributed by atoms with van der Waals surface area (Å²) in [5.74, 6) is 4.36. The van der Waals surface area contributed by atoms with Crippen molar-refractivity contribution in [2.24, 2.45) is 17.8 Å². The molecule has 0 atom stereocenters. The SMILES string of the molecule is CC(C)(C)c1ccc(-c2cc3c4c(c2)N(C25CC6CC(CC(C6)C2)C5)c2ccc(-c5ccccc5)cc2B4c2cc(-n4c5ccc(C(C)(C)C)cc5c5cc(C(C)(C)C)ccc54)ccc2O3)cc1. The third kappa shape index (κ3) is 6.52. The molecule has 340 valence electrons. The molecule has 0 radical (unpaired) electrons. The number of benzene rings is 7. The van der Waals surface area contributed by atoms with E-state index in [1.54, 1.807) is 0 Å². The lowest BCUT2D eigenvalue weighted by atomic mass is 9.33. The van der Waals surface area contributed by atoms with Crippen LogP contribution in [-0.4, -0.2) is 16.8 Å². The molecule has 1 aromatic heterocycles. The van der Waals surface area contributed by atoms with E-state index in [1.807, 2.05) is 0 Å². The van der Waals surface area contributed by atoms with Crippen molar-refractivity contribution in [3.05, 3.63) is 156 Å². The molecular weight excluding hydrogens is 824 g/mol. The van der Waals surface area contributed by atoms with Gasteiger partial charge in [-0.1, -0.05) is 141 Å². The Morgan fingerprint density at radius 1 is 0.471 bits per heavy atom. The summed E-state index contributed by atoms with van der Waals surface area (Å²) < 4.78 is 9.90. The van der Waals surface area contributed by atoms with Crippen LogP contribution in [0, 0.1) is 17.8 Å². The average Bonchev–Trinajstić information content (AvgIpc) is 3.63. The molecule has 7 aromatic carbocycles. The van der Waals surface area contributed by atoms with E-state index < -0.39 is 0 Å². The molecule has 4 heteroatoms. The summed E-state index contributed by atoms with van der Waals surface area (Å²) in [5.41, 5.74) is 19.6. The molecule has 2 aliphatic heterocycles. The second-order valence-electron chi connectivity index (χ2n) is 24.9. The first-order valence-electron chi connectivity index (χ1n) is 25.7.